The molecule has 4 nitrogen and oxygen atoms in total. The molecular formula is C13H22N2O2. The van der Waals surface area contributed by atoms with Crippen LogP contribution in [0.15, 0.2) is 12.3 Å². The zero-order valence-corrected chi connectivity index (χ0v) is 11.1. The minimum atomic E-state index is 0.484. The predicted octanol–water partition coefficient (Wildman–Crippen LogP) is 2.38. The van der Waals surface area contributed by atoms with E-state index in [-0.39, 0.29) is 0 Å². The third-order valence-corrected chi connectivity index (χ3v) is 2.71. The Labute approximate surface area is 103 Å². The van der Waals surface area contributed by atoms with Crippen molar-refractivity contribution >= 4 is 0 Å². The maximum Gasteiger partial charge on any atom is 0.183 e. The van der Waals surface area contributed by atoms with E-state index in [1.54, 1.807) is 26.5 Å². The van der Waals surface area contributed by atoms with Gasteiger partial charge < -0.3 is 14.8 Å². The summed E-state index contributed by atoms with van der Waals surface area (Å²) in [5.41, 5.74) is 0.884. The number of hydrogen-bond donors (Lipinski definition) is 1. The minimum absolute atomic E-state index is 0.484. The molecule has 4 heteroatoms. The molecule has 17 heavy (non-hydrogen) atoms. The van der Waals surface area contributed by atoms with Gasteiger partial charge in [-0.2, -0.15) is 0 Å². The number of aromatic nitrogens is 1. The maximum atomic E-state index is 5.33. The molecule has 0 radical (unpaired) electrons. The fraction of sp³-hybridized carbons (Fsp3) is 0.615. The van der Waals surface area contributed by atoms with E-state index in [1.807, 2.05) is 0 Å². The van der Waals surface area contributed by atoms with E-state index >= 15 is 0 Å². The number of rotatable bonds is 7. The number of methoxy groups -OCH3 is 2. The van der Waals surface area contributed by atoms with Crippen molar-refractivity contribution in [2.75, 3.05) is 14.2 Å². The molecule has 0 aliphatic carbocycles. The van der Waals surface area contributed by atoms with E-state index in [9.17, 15) is 0 Å². The molecule has 0 aliphatic heterocycles. The first-order valence-corrected chi connectivity index (χ1v) is 6.02. The van der Waals surface area contributed by atoms with Crippen LogP contribution < -0.4 is 14.8 Å². The summed E-state index contributed by atoms with van der Waals surface area (Å²) in [5, 5.41) is 3.43. The topological polar surface area (TPSA) is 43.4 Å². The van der Waals surface area contributed by atoms with Crippen LogP contribution in [0, 0.1) is 0 Å². The van der Waals surface area contributed by atoms with Crippen LogP contribution in [0.4, 0.5) is 0 Å². The molecule has 1 rings (SSSR count). The van der Waals surface area contributed by atoms with Gasteiger partial charge in [0.1, 0.15) is 0 Å². The Kier molecular flexibility index (Phi) is 5.77. The van der Waals surface area contributed by atoms with Crippen molar-refractivity contribution < 1.29 is 9.47 Å². The van der Waals surface area contributed by atoms with Crippen LogP contribution >= 0.6 is 0 Å². The minimum Gasteiger partial charge on any atom is -0.493 e. The molecule has 0 saturated heterocycles. The monoisotopic (exact) mass is 238 g/mol. The highest BCUT2D eigenvalue weighted by atomic mass is 16.5. The molecule has 1 unspecified atom stereocenters. The highest BCUT2D eigenvalue weighted by Crippen LogP contribution is 2.28. The van der Waals surface area contributed by atoms with Gasteiger partial charge in [-0.25, -0.2) is 0 Å². The zero-order valence-electron chi connectivity index (χ0n) is 11.1. The van der Waals surface area contributed by atoms with Gasteiger partial charge in [0.2, 0.25) is 0 Å². The Balaban J connectivity index is 2.70. The SMILES string of the molecule is CCCC(C)NCc1nccc(OC)c1OC. The number of nitrogens with one attached hydrogen (secondary N) is 1. The molecule has 0 aromatic carbocycles. The molecule has 1 atom stereocenters. The second-order valence-corrected chi connectivity index (χ2v) is 4.06. The standard InChI is InChI=1S/C13H22N2O2/c1-5-6-10(2)15-9-11-13(17-4)12(16-3)7-8-14-11/h7-8,10,15H,5-6,9H2,1-4H3. The summed E-state index contributed by atoms with van der Waals surface area (Å²) in [6, 6.07) is 2.29. The first-order valence-electron chi connectivity index (χ1n) is 6.02. The van der Waals surface area contributed by atoms with Crippen LogP contribution in [0.2, 0.25) is 0 Å². The molecule has 0 bridgehead atoms. The smallest absolute Gasteiger partial charge is 0.183 e. The van der Waals surface area contributed by atoms with Crippen molar-refractivity contribution in [3.05, 3.63) is 18.0 Å². The van der Waals surface area contributed by atoms with E-state index in [1.165, 1.54) is 6.42 Å². The maximum absolute atomic E-state index is 5.33. The lowest BCUT2D eigenvalue weighted by molar-refractivity contribution is 0.347. The van der Waals surface area contributed by atoms with Crippen LogP contribution in [-0.2, 0) is 6.54 Å². The normalized spacial score (nSPS) is 12.2. The van der Waals surface area contributed by atoms with E-state index in [0.29, 0.717) is 18.3 Å². The lowest BCUT2D eigenvalue weighted by Crippen LogP contribution is -2.25. The average molecular weight is 238 g/mol. The third-order valence-electron chi connectivity index (χ3n) is 2.71. The summed E-state index contributed by atoms with van der Waals surface area (Å²) in [6.45, 7) is 5.06. The first kappa shape index (κ1) is 13.8. The Morgan fingerprint density at radius 3 is 2.71 bits per heavy atom. The Bertz CT molecular complexity index is 342. The van der Waals surface area contributed by atoms with Crippen molar-refractivity contribution in [3.8, 4) is 11.5 Å². The van der Waals surface area contributed by atoms with Gasteiger partial charge >= 0.3 is 0 Å². The lowest BCUT2D eigenvalue weighted by Gasteiger charge is -2.15. The molecule has 0 spiro atoms. The van der Waals surface area contributed by atoms with Crippen LogP contribution in [-0.4, -0.2) is 25.2 Å². The molecule has 0 saturated carbocycles. The van der Waals surface area contributed by atoms with Gasteiger partial charge in [0.25, 0.3) is 0 Å². The third kappa shape index (κ3) is 3.89. The zero-order chi connectivity index (χ0) is 12.7. The Morgan fingerprint density at radius 1 is 1.35 bits per heavy atom. The van der Waals surface area contributed by atoms with Gasteiger partial charge in [-0.15, -0.1) is 0 Å². The van der Waals surface area contributed by atoms with Crippen molar-refractivity contribution in [1.29, 1.82) is 0 Å². The van der Waals surface area contributed by atoms with Gasteiger partial charge in [0.05, 0.1) is 19.9 Å². The van der Waals surface area contributed by atoms with Crippen molar-refractivity contribution in [3.63, 3.8) is 0 Å². The number of hydrogen-bond acceptors (Lipinski definition) is 4. The van der Waals surface area contributed by atoms with Crippen LogP contribution in [0.3, 0.4) is 0 Å². The average Bonchev–Trinajstić information content (AvgIpc) is 2.36. The second kappa shape index (κ2) is 7.12. The molecule has 0 amide bonds. The number of nitrogens with zero attached hydrogens (tertiary/aromatic N) is 1. The van der Waals surface area contributed by atoms with Crippen LogP contribution in [0.25, 0.3) is 0 Å². The van der Waals surface area contributed by atoms with Crippen molar-refractivity contribution in [1.82, 2.24) is 10.3 Å². The fourth-order valence-electron chi connectivity index (χ4n) is 1.78. The first-order chi connectivity index (χ1) is 8.22. The lowest BCUT2D eigenvalue weighted by atomic mass is 10.2. The van der Waals surface area contributed by atoms with Gasteiger partial charge in [0.15, 0.2) is 11.5 Å². The number of pyridine rings is 1. The molecule has 1 heterocycles. The van der Waals surface area contributed by atoms with Crippen LogP contribution in [0.1, 0.15) is 32.4 Å². The molecule has 96 valence electrons. The highest BCUT2D eigenvalue weighted by Gasteiger charge is 2.11. The molecule has 1 aromatic rings. The van der Waals surface area contributed by atoms with Crippen molar-refractivity contribution in [2.45, 2.75) is 39.3 Å². The van der Waals surface area contributed by atoms with Gasteiger partial charge in [-0.3, -0.25) is 4.98 Å². The second-order valence-electron chi connectivity index (χ2n) is 4.06. The van der Waals surface area contributed by atoms with Gasteiger partial charge in [0, 0.05) is 24.8 Å². The quantitative estimate of drug-likeness (QED) is 0.792. The molecular weight excluding hydrogens is 216 g/mol. The Hall–Kier alpha value is -1.29. The summed E-state index contributed by atoms with van der Waals surface area (Å²) in [4.78, 5) is 4.32. The molecule has 1 N–H and O–H groups in total. The fourth-order valence-corrected chi connectivity index (χ4v) is 1.78. The summed E-state index contributed by atoms with van der Waals surface area (Å²) < 4.78 is 10.6. The highest BCUT2D eigenvalue weighted by molar-refractivity contribution is 5.42. The predicted molar refractivity (Wildman–Crippen MR) is 68.6 cm³/mol. The van der Waals surface area contributed by atoms with E-state index in [4.69, 9.17) is 9.47 Å². The Morgan fingerprint density at radius 2 is 2.12 bits per heavy atom. The van der Waals surface area contributed by atoms with Gasteiger partial charge in [-0.1, -0.05) is 13.3 Å². The van der Waals surface area contributed by atoms with E-state index in [2.05, 4.69) is 24.1 Å². The summed E-state index contributed by atoms with van der Waals surface area (Å²) in [5.74, 6) is 1.44. The molecule has 0 fully saturated rings. The van der Waals surface area contributed by atoms with Crippen molar-refractivity contribution in [2.24, 2.45) is 0 Å². The molecule has 1 aromatic heterocycles. The summed E-state index contributed by atoms with van der Waals surface area (Å²) >= 11 is 0. The molecule has 0 aliphatic rings. The largest absolute Gasteiger partial charge is 0.493 e. The number of ether oxygens (including phenoxy) is 2. The van der Waals surface area contributed by atoms with E-state index < -0.39 is 0 Å². The van der Waals surface area contributed by atoms with E-state index in [0.717, 1.165) is 17.9 Å². The summed E-state index contributed by atoms with van der Waals surface area (Å²) in [6.07, 6.45) is 4.08. The summed E-state index contributed by atoms with van der Waals surface area (Å²) in [7, 11) is 3.27. The van der Waals surface area contributed by atoms with Crippen LogP contribution in [0.5, 0.6) is 11.5 Å². The van der Waals surface area contributed by atoms with Gasteiger partial charge in [-0.05, 0) is 13.3 Å².